The van der Waals surface area contributed by atoms with Crippen molar-refractivity contribution in [1.29, 1.82) is 0 Å². The van der Waals surface area contributed by atoms with Crippen molar-refractivity contribution in [3.8, 4) is 5.69 Å². The molecule has 0 saturated carbocycles. The van der Waals surface area contributed by atoms with Gasteiger partial charge in [-0.25, -0.2) is 13.5 Å². The van der Waals surface area contributed by atoms with E-state index in [0.29, 0.717) is 6.29 Å². The smallest absolute Gasteiger partial charge is 0.171 e. The molecule has 1 aromatic heterocycles. The van der Waals surface area contributed by atoms with E-state index in [4.69, 9.17) is 0 Å². The molecule has 2 aromatic rings. The van der Waals surface area contributed by atoms with Crippen LogP contribution in [0, 0.1) is 11.6 Å². The molecular weight excluding hydrogens is 204 g/mol. The lowest BCUT2D eigenvalue weighted by Crippen LogP contribution is -1.99. The second kappa shape index (κ2) is 3.56. The number of hydrogen-bond donors (Lipinski definition) is 0. The van der Waals surface area contributed by atoms with Crippen molar-refractivity contribution in [3.05, 3.63) is 41.7 Å². The summed E-state index contributed by atoms with van der Waals surface area (Å²) in [5, 5.41) is 6.93. The van der Waals surface area contributed by atoms with E-state index in [-0.39, 0.29) is 11.4 Å². The van der Waals surface area contributed by atoms with Gasteiger partial charge in [0.15, 0.2) is 6.29 Å². The molecule has 76 valence electrons. The van der Waals surface area contributed by atoms with Gasteiger partial charge >= 0.3 is 0 Å². The van der Waals surface area contributed by atoms with Crippen LogP contribution in [0.15, 0.2) is 24.4 Å². The average Bonchev–Trinajstić information content (AvgIpc) is 2.70. The maximum Gasteiger partial charge on any atom is 0.171 e. The topological polar surface area (TPSA) is 47.8 Å². The van der Waals surface area contributed by atoms with Crippen LogP contribution >= 0.6 is 0 Å². The normalized spacial score (nSPS) is 10.3. The molecule has 0 aliphatic heterocycles. The minimum atomic E-state index is -0.640. The molecule has 0 bridgehead atoms. The summed E-state index contributed by atoms with van der Waals surface area (Å²) in [6.45, 7) is 0. The molecular formula is C9H5F2N3O. The molecule has 0 unspecified atom stereocenters. The fraction of sp³-hybridized carbons (Fsp3) is 0. The highest BCUT2D eigenvalue weighted by Gasteiger charge is 2.08. The van der Waals surface area contributed by atoms with E-state index in [1.54, 1.807) is 0 Å². The molecule has 15 heavy (non-hydrogen) atoms. The lowest BCUT2D eigenvalue weighted by molar-refractivity contribution is 0.111. The first-order chi connectivity index (χ1) is 7.20. The first-order valence-electron chi connectivity index (χ1n) is 4.03. The van der Waals surface area contributed by atoms with Gasteiger partial charge in [-0.2, -0.15) is 0 Å². The van der Waals surface area contributed by atoms with Gasteiger partial charge in [0.2, 0.25) is 0 Å². The van der Waals surface area contributed by atoms with E-state index in [9.17, 15) is 13.6 Å². The first kappa shape index (κ1) is 9.45. The van der Waals surface area contributed by atoms with Crippen LogP contribution in [0.2, 0.25) is 0 Å². The Morgan fingerprint density at radius 3 is 2.80 bits per heavy atom. The number of benzene rings is 1. The van der Waals surface area contributed by atoms with Gasteiger partial charge in [-0.05, 0) is 12.1 Å². The molecule has 0 amide bonds. The maximum absolute atomic E-state index is 13.2. The van der Waals surface area contributed by atoms with Crippen molar-refractivity contribution in [1.82, 2.24) is 15.0 Å². The van der Waals surface area contributed by atoms with Crippen molar-refractivity contribution in [2.24, 2.45) is 0 Å². The Balaban J connectivity index is 2.52. The van der Waals surface area contributed by atoms with Crippen molar-refractivity contribution in [2.45, 2.75) is 0 Å². The number of aldehydes is 1. The monoisotopic (exact) mass is 209 g/mol. The summed E-state index contributed by atoms with van der Waals surface area (Å²) in [5.74, 6) is -1.23. The van der Waals surface area contributed by atoms with Crippen molar-refractivity contribution < 1.29 is 13.6 Å². The van der Waals surface area contributed by atoms with Crippen LogP contribution in [0.5, 0.6) is 0 Å². The molecule has 0 saturated heterocycles. The largest absolute Gasteiger partial charge is 0.296 e. The fourth-order valence-electron chi connectivity index (χ4n) is 1.11. The number of halogens is 2. The quantitative estimate of drug-likeness (QED) is 0.701. The number of carbonyl (C=O) groups excluding carboxylic acids is 1. The van der Waals surface area contributed by atoms with Gasteiger partial charge in [0.25, 0.3) is 0 Å². The Kier molecular flexibility index (Phi) is 2.24. The minimum absolute atomic E-state index is 0.0543. The zero-order valence-corrected chi connectivity index (χ0v) is 7.39. The SMILES string of the molecule is O=Cc1cn(-c2cc(F)ccc2F)nn1. The zero-order valence-electron chi connectivity index (χ0n) is 7.39. The molecule has 0 atom stereocenters. The molecule has 1 aromatic carbocycles. The summed E-state index contributed by atoms with van der Waals surface area (Å²) >= 11 is 0. The highest BCUT2D eigenvalue weighted by atomic mass is 19.1. The van der Waals surface area contributed by atoms with Crippen molar-refractivity contribution in [3.63, 3.8) is 0 Å². The third-order valence-corrected chi connectivity index (χ3v) is 1.79. The first-order valence-corrected chi connectivity index (χ1v) is 4.03. The molecule has 0 N–H and O–H groups in total. The Bertz CT molecular complexity index is 510. The summed E-state index contributed by atoms with van der Waals surface area (Å²) in [7, 11) is 0. The van der Waals surface area contributed by atoms with Gasteiger partial charge in [-0.3, -0.25) is 4.79 Å². The van der Waals surface area contributed by atoms with E-state index in [1.165, 1.54) is 6.20 Å². The third kappa shape index (κ3) is 1.74. The van der Waals surface area contributed by atoms with Gasteiger partial charge in [-0.15, -0.1) is 5.10 Å². The van der Waals surface area contributed by atoms with Gasteiger partial charge in [0.05, 0.1) is 6.20 Å². The van der Waals surface area contributed by atoms with Crippen LogP contribution in [0.3, 0.4) is 0 Å². The van der Waals surface area contributed by atoms with Crippen molar-refractivity contribution in [2.75, 3.05) is 0 Å². The Morgan fingerprint density at radius 2 is 2.13 bits per heavy atom. The minimum Gasteiger partial charge on any atom is -0.296 e. The Hall–Kier alpha value is -2.11. The summed E-state index contributed by atoms with van der Waals surface area (Å²) in [5.41, 5.74) is -0.0331. The van der Waals surface area contributed by atoms with Crippen molar-refractivity contribution >= 4 is 6.29 Å². The number of nitrogens with zero attached hydrogens (tertiary/aromatic N) is 3. The lowest BCUT2D eigenvalue weighted by Gasteiger charge is -2.00. The van der Waals surface area contributed by atoms with E-state index < -0.39 is 11.6 Å². The highest BCUT2D eigenvalue weighted by Crippen LogP contribution is 2.13. The number of rotatable bonds is 2. The van der Waals surface area contributed by atoms with E-state index in [1.807, 2.05) is 0 Å². The number of hydrogen-bond acceptors (Lipinski definition) is 3. The van der Waals surface area contributed by atoms with Crippen LogP contribution in [0.25, 0.3) is 5.69 Å². The van der Waals surface area contributed by atoms with Crippen LogP contribution in [0.1, 0.15) is 10.5 Å². The molecule has 0 radical (unpaired) electrons. The van der Waals surface area contributed by atoms with E-state index >= 15 is 0 Å². The standard InChI is InChI=1S/C9H5F2N3O/c10-6-1-2-8(11)9(3-6)14-4-7(5-15)12-13-14/h1-5H. The predicted molar refractivity (Wildman–Crippen MR) is 46.7 cm³/mol. The van der Waals surface area contributed by atoms with Gasteiger partial charge in [-0.1, -0.05) is 5.21 Å². The number of aromatic nitrogens is 3. The summed E-state index contributed by atoms with van der Waals surface area (Å²) in [6, 6.07) is 2.95. The van der Waals surface area contributed by atoms with Crippen LogP contribution < -0.4 is 0 Å². The Labute approximate surface area is 83.1 Å². The maximum atomic E-state index is 13.2. The molecule has 4 nitrogen and oxygen atoms in total. The molecule has 0 fully saturated rings. The van der Waals surface area contributed by atoms with E-state index in [2.05, 4.69) is 10.3 Å². The molecule has 0 aliphatic carbocycles. The third-order valence-electron chi connectivity index (χ3n) is 1.79. The average molecular weight is 209 g/mol. The number of carbonyl (C=O) groups is 1. The molecule has 1 heterocycles. The molecule has 2 rings (SSSR count). The zero-order chi connectivity index (χ0) is 10.8. The predicted octanol–water partition coefficient (Wildman–Crippen LogP) is 1.36. The van der Waals surface area contributed by atoms with Crippen LogP contribution in [-0.4, -0.2) is 21.3 Å². The molecule has 6 heteroatoms. The Morgan fingerprint density at radius 1 is 1.33 bits per heavy atom. The molecule has 0 aliphatic rings. The van der Waals surface area contributed by atoms with E-state index in [0.717, 1.165) is 22.9 Å². The van der Waals surface area contributed by atoms with Crippen LogP contribution in [0.4, 0.5) is 8.78 Å². The summed E-state index contributed by atoms with van der Waals surface area (Å²) < 4.78 is 27.1. The summed E-state index contributed by atoms with van der Waals surface area (Å²) in [6.07, 6.45) is 1.69. The molecule has 0 spiro atoms. The van der Waals surface area contributed by atoms with Gasteiger partial charge in [0.1, 0.15) is 23.0 Å². The second-order valence-electron chi connectivity index (χ2n) is 2.80. The lowest BCUT2D eigenvalue weighted by atomic mass is 10.3. The van der Waals surface area contributed by atoms with Gasteiger partial charge in [0, 0.05) is 6.07 Å². The second-order valence-corrected chi connectivity index (χ2v) is 2.80. The highest BCUT2D eigenvalue weighted by molar-refractivity contribution is 5.70. The van der Waals surface area contributed by atoms with Gasteiger partial charge < -0.3 is 0 Å². The fourth-order valence-corrected chi connectivity index (χ4v) is 1.11. The van der Waals surface area contributed by atoms with Crippen LogP contribution in [-0.2, 0) is 0 Å². The summed E-state index contributed by atoms with van der Waals surface area (Å²) in [4.78, 5) is 10.3.